The first kappa shape index (κ1) is 16.7. The van der Waals surface area contributed by atoms with Crippen molar-refractivity contribution in [2.45, 2.75) is 55.6 Å². The molecule has 1 aliphatic heterocycles. The minimum Gasteiger partial charge on any atom is -0.481 e. The normalized spacial score (nSPS) is 29.6. The smallest absolute Gasteiger partial charge is 0.244 e. The fourth-order valence-corrected chi connectivity index (χ4v) is 5.54. The lowest BCUT2D eigenvalue weighted by molar-refractivity contribution is 0.0386. The van der Waals surface area contributed by atoms with Gasteiger partial charge < -0.3 is 9.84 Å². The highest BCUT2D eigenvalue weighted by Gasteiger charge is 2.42. The maximum atomic E-state index is 13.0. The molecule has 1 saturated heterocycles. The van der Waals surface area contributed by atoms with E-state index in [1.165, 1.54) is 19.4 Å². The van der Waals surface area contributed by atoms with Crippen LogP contribution in [0.2, 0.25) is 0 Å². The van der Waals surface area contributed by atoms with Gasteiger partial charge in [0.25, 0.3) is 0 Å². The maximum Gasteiger partial charge on any atom is 0.244 e. The molecular formula is C16H24N2O4S. The zero-order valence-electron chi connectivity index (χ0n) is 13.4. The number of hydrogen-bond donors (Lipinski definition) is 1. The highest BCUT2D eigenvalue weighted by molar-refractivity contribution is 7.89. The molecule has 1 aromatic heterocycles. The molecule has 1 aliphatic carbocycles. The molecule has 1 N–H and O–H groups in total. The molecule has 23 heavy (non-hydrogen) atoms. The van der Waals surface area contributed by atoms with E-state index in [1.54, 1.807) is 10.4 Å². The SMILES string of the molecule is COc1ccc(S(=O)(=O)N2CCCC2C2CCCCC2O)cn1. The van der Waals surface area contributed by atoms with Crippen molar-refractivity contribution in [2.24, 2.45) is 5.92 Å². The Labute approximate surface area is 137 Å². The molecule has 1 aromatic rings. The second-order valence-electron chi connectivity index (χ2n) is 6.38. The summed E-state index contributed by atoms with van der Waals surface area (Å²) in [6.07, 6.45) is 6.40. The van der Waals surface area contributed by atoms with Crippen molar-refractivity contribution in [2.75, 3.05) is 13.7 Å². The third kappa shape index (κ3) is 3.22. The zero-order valence-corrected chi connectivity index (χ0v) is 14.2. The first-order valence-electron chi connectivity index (χ1n) is 8.24. The highest BCUT2D eigenvalue weighted by atomic mass is 32.2. The van der Waals surface area contributed by atoms with Gasteiger partial charge in [0, 0.05) is 24.6 Å². The average molecular weight is 340 g/mol. The topological polar surface area (TPSA) is 79.7 Å². The van der Waals surface area contributed by atoms with Crippen LogP contribution in [0.1, 0.15) is 38.5 Å². The van der Waals surface area contributed by atoms with E-state index >= 15 is 0 Å². The van der Waals surface area contributed by atoms with E-state index in [9.17, 15) is 13.5 Å². The largest absolute Gasteiger partial charge is 0.481 e. The van der Waals surface area contributed by atoms with Crippen LogP contribution in [0.4, 0.5) is 0 Å². The fraction of sp³-hybridized carbons (Fsp3) is 0.688. The summed E-state index contributed by atoms with van der Waals surface area (Å²) in [5.74, 6) is 0.442. The van der Waals surface area contributed by atoms with Gasteiger partial charge in [-0.3, -0.25) is 0 Å². The summed E-state index contributed by atoms with van der Waals surface area (Å²) in [4.78, 5) is 4.20. The molecule has 3 rings (SSSR count). The number of aromatic nitrogens is 1. The number of methoxy groups -OCH3 is 1. The van der Waals surface area contributed by atoms with Crippen molar-refractivity contribution in [3.05, 3.63) is 18.3 Å². The van der Waals surface area contributed by atoms with Crippen LogP contribution < -0.4 is 4.74 Å². The highest BCUT2D eigenvalue weighted by Crippen LogP contribution is 2.37. The number of sulfonamides is 1. The molecule has 0 amide bonds. The van der Waals surface area contributed by atoms with Crippen LogP contribution in [-0.2, 0) is 10.0 Å². The second kappa shape index (κ2) is 6.75. The Hall–Kier alpha value is -1.18. The fourth-order valence-electron chi connectivity index (χ4n) is 3.86. The zero-order chi connectivity index (χ0) is 16.4. The summed E-state index contributed by atoms with van der Waals surface area (Å²) in [6, 6.07) is 3.00. The minimum atomic E-state index is -3.58. The van der Waals surface area contributed by atoms with E-state index in [-0.39, 0.29) is 16.9 Å². The van der Waals surface area contributed by atoms with Gasteiger partial charge in [-0.25, -0.2) is 13.4 Å². The Morgan fingerprint density at radius 1 is 1.22 bits per heavy atom. The van der Waals surface area contributed by atoms with Crippen molar-refractivity contribution in [1.82, 2.24) is 9.29 Å². The summed E-state index contributed by atoms with van der Waals surface area (Å²) in [6.45, 7) is 0.516. The van der Waals surface area contributed by atoms with Gasteiger partial charge in [0.15, 0.2) is 0 Å². The lowest BCUT2D eigenvalue weighted by atomic mass is 9.81. The molecule has 2 heterocycles. The molecule has 7 heteroatoms. The number of aliphatic hydroxyl groups is 1. The number of nitrogens with zero attached hydrogens (tertiary/aromatic N) is 2. The van der Waals surface area contributed by atoms with Gasteiger partial charge >= 0.3 is 0 Å². The summed E-state index contributed by atoms with van der Waals surface area (Å²) in [7, 11) is -2.08. The van der Waals surface area contributed by atoms with Crippen molar-refractivity contribution in [3.63, 3.8) is 0 Å². The molecule has 0 spiro atoms. The second-order valence-corrected chi connectivity index (χ2v) is 8.27. The lowest BCUT2D eigenvalue weighted by Crippen LogP contribution is -2.45. The van der Waals surface area contributed by atoms with E-state index in [0.717, 1.165) is 38.5 Å². The van der Waals surface area contributed by atoms with Crippen molar-refractivity contribution >= 4 is 10.0 Å². The monoisotopic (exact) mass is 340 g/mol. The van der Waals surface area contributed by atoms with Crippen LogP contribution in [0, 0.1) is 5.92 Å². The summed E-state index contributed by atoms with van der Waals surface area (Å²) in [5, 5.41) is 10.3. The average Bonchev–Trinajstić information content (AvgIpc) is 3.05. The third-order valence-electron chi connectivity index (χ3n) is 5.05. The van der Waals surface area contributed by atoms with Crippen LogP contribution >= 0.6 is 0 Å². The van der Waals surface area contributed by atoms with Crippen LogP contribution in [0.3, 0.4) is 0 Å². The van der Waals surface area contributed by atoms with Gasteiger partial charge in [-0.15, -0.1) is 0 Å². The van der Waals surface area contributed by atoms with Crippen LogP contribution in [0.25, 0.3) is 0 Å². The quantitative estimate of drug-likeness (QED) is 0.904. The molecule has 0 bridgehead atoms. The first-order chi connectivity index (χ1) is 11.0. The lowest BCUT2D eigenvalue weighted by Gasteiger charge is -2.36. The van der Waals surface area contributed by atoms with Gasteiger partial charge in [0.1, 0.15) is 4.90 Å². The molecule has 6 nitrogen and oxygen atoms in total. The molecule has 3 unspecified atom stereocenters. The molecular weight excluding hydrogens is 316 g/mol. The van der Waals surface area contributed by atoms with Crippen molar-refractivity contribution < 1.29 is 18.3 Å². The maximum absolute atomic E-state index is 13.0. The van der Waals surface area contributed by atoms with Gasteiger partial charge in [0.2, 0.25) is 15.9 Å². The number of ether oxygens (including phenoxy) is 1. The first-order valence-corrected chi connectivity index (χ1v) is 9.68. The summed E-state index contributed by atoms with van der Waals surface area (Å²) < 4.78 is 32.5. The minimum absolute atomic E-state index is 0.0484. The molecule has 2 fully saturated rings. The van der Waals surface area contributed by atoms with E-state index < -0.39 is 16.1 Å². The molecule has 2 aliphatic rings. The van der Waals surface area contributed by atoms with Crippen LogP contribution in [0.5, 0.6) is 5.88 Å². The van der Waals surface area contributed by atoms with E-state index in [0.29, 0.717) is 12.4 Å². The van der Waals surface area contributed by atoms with Crippen molar-refractivity contribution in [1.29, 1.82) is 0 Å². The Morgan fingerprint density at radius 2 is 2.00 bits per heavy atom. The van der Waals surface area contributed by atoms with Gasteiger partial charge in [-0.2, -0.15) is 4.31 Å². The number of aliphatic hydroxyl groups excluding tert-OH is 1. The van der Waals surface area contributed by atoms with Gasteiger partial charge in [0.05, 0.1) is 19.4 Å². The Morgan fingerprint density at radius 3 is 2.65 bits per heavy atom. The van der Waals surface area contributed by atoms with Crippen LogP contribution in [0.15, 0.2) is 23.2 Å². The van der Waals surface area contributed by atoms with Gasteiger partial charge in [-0.05, 0) is 31.7 Å². The van der Waals surface area contributed by atoms with E-state index in [4.69, 9.17) is 4.74 Å². The Bertz CT molecular complexity index is 632. The molecule has 0 aromatic carbocycles. The predicted octanol–water partition coefficient (Wildman–Crippen LogP) is 1.79. The predicted molar refractivity (Wildman–Crippen MR) is 85.7 cm³/mol. The number of rotatable bonds is 4. The third-order valence-corrected chi connectivity index (χ3v) is 6.96. The molecule has 0 radical (unpaired) electrons. The standard InChI is InChI=1S/C16H24N2O4S/c1-22-16-9-8-12(11-17-16)23(20,21)18-10-4-6-14(18)13-5-2-3-7-15(13)19/h8-9,11,13-15,19H,2-7,10H2,1H3. The molecule has 1 saturated carbocycles. The Balaban J connectivity index is 1.85. The van der Waals surface area contributed by atoms with Gasteiger partial charge in [-0.1, -0.05) is 12.8 Å². The summed E-state index contributed by atoms with van der Waals surface area (Å²) in [5.41, 5.74) is 0. The number of pyridine rings is 1. The Kier molecular flexibility index (Phi) is 4.89. The van der Waals surface area contributed by atoms with E-state index in [1.807, 2.05) is 0 Å². The van der Waals surface area contributed by atoms with Crippen molar-refractivity contribution in [3.8, 4) is 5.88 Å². The summed E-state index contributed by atoms with van der Waals surface area (Å²) >= 11 is 0. The molecule has 128 valence electrons. The molecule has 3 atom stereocenters. The van der Waals surface area contributed by atoms with Crippen LogP contribution in [-0.4, -0.2) is 48.6 Å². The number of hydrogen-bond acceptors (Lipinski definition) is 5. The van der Waals surface area contributed by atoms with E-state index in [2.05, 4.69) is 4.98 Å².